The van der Waals surface area contributed by atoms with Crippen LogP contribution in [0.5, 0.6) is 0 Å². The molecule has 1 aromatic rings. The Labute approximate surface area is 97.2 Å². The monoisotopic (exact) mass is 237 g/mol. The highest BCUT2D eigenvalue weighted by atomic mass is 16.6. The first-order valence-corrected chi connectivity index (χ1v) is 4.81. The highest BCUT2D eigenvalue weighted by Crippen LogP contribution is 2.01. The van der Waals surface area contributed by atoms with E-state index in [0.717, 1.165) is 0 Å². The molecule has 1 rings (SSSR count). The minimum absolute atomic E-state index is 0.214. The van der Waals surface area contributed by atoms with Crippen LogP contribution < -0.4 is 5.32 Å². The van der Waals surface area contributed by atoms with Crippen LogP contribution in [0.3, 0.4) is 0 Å². The van der Waals surface area contributed by atoms with Gasteiger partial charge in [-0.05, 0) is 19.1 Å². The lowest BCUT2D eigenvalue weighted by atomic mass is 10.2. The number of nitrogens with one attached hydrogen (secondary N) is 1. The van der Waals surface area contributed by atoms with E-state index in [-0.39, 0.29) is 5.56 Å². The molecule has 0 saturated carbocycles. The number of esters is 1. The van der Waals surface area contributed by atoms with Gasteiger partial charge in [-0.25, -0.2) is 9.59 Å². The highest BCUT2D eigenvalue weighted by molar-refractivity contribution is 5.96. The first-order valence-electron chi connectivity index (χ1n) is 4.81. The summed E-state index contributed by atoms with van der Waals surface area (Å²) >= 11 is 0. The van der Waals surface area contributed by atoms with Crippen molar-refractivity contribution in [2.75, 3.05) is 0 Å². The van der Waals surface area contributed by atoms with Crippen molar-refractivity contribution in [2.45, 2.75) is 13.0 Å². The van der Waals surface area contributed by atoms with Crippen LogP contribution in [0.2, 0.25) is 0 Å². The normalized spacial score (nSPS) is 11.4. The maximum atomic E-state index is 11.4. The third-order valence-corrected chi connectivity index (χ3v) is 1.90. The van der Waals surface area contributed by atoms with Gasteiger partial charge in [0.05, 0.1) is 5.56 Å². The molecular formula is C11H11NO5. The predicted molar refractivity (Wildman–Crippen MR) is 57.5 cm³/mol. The lowest BCUT2D eigenvalue weighted by Gasteiger charge is -2.08. The standard InChI is InChI=1S/C11H11NO5/c1-7(9(13)14)12-11(16)17-10(15)8-5-3-2-4-6-8/h2-7H,1H3,(H,12,16)(H,13,14)/t7-/m1/s1. The average Bonchev–Trinajstić information content (AvgIpc) is 2.29. The van der Waals surface area contributed by atoms with Crippen molar-refractivity contribution in [3.63, 3.8) is 0 Å². The predicted octanol–water partition coefficient (Wildman–Crippen LogP) is 1.03. The number of carbonyl (C=O) groups excluding carboxylic acids is 2. The number of hydrogen-bond donors (Lipinski definition) is 2. The molecule has 0 spiro atoms. The van der Waals surface area contributed by atoms with Gasteiger partial charge in [-0.2, -0.15) is 0 Å². The Bertz CT molecular complexity index is 429. The Balaban J connectivity index is 2.53. The number of alkyl carbamates (subject to hydrolysis) is 1. The van der Waals surface area contributed by atoms with Crippen molar-refractivity contribution in [2.24, 2.45) is 0 Å². The van der Waals surface area contributed by atoms with E-state index < -0.39 is 24.1 Å². The fraction of sp³-hybridized carbons (Fsp3) is 0.182. The molecule has 6 heteroatoms. The van der Waals surface area contributed by atoms with Crippen molar-refractivity contribution >= 4 is 18.0 Å². The molecule has 0 heterocycles. The molecule has 0 unspecified atom stereocenters. The molecule has 2 N–H and O–H groups in total. The van der Waals surface area contributed by atoms with E-state index in [1.54, 1.807) is 18.2 Å². The van der Waals surface area contributed by atoms with E-state index in [1.165, 1.54) is 19.1 Å². The topological polar surface area (TPSA) is 92.7 Å². The van der Waals surface area contributed by atoms with Gasteiger partial charge in [-0.15, -0.1) is 0 Å². The maximum absolute atomic E-state index is 11.4. The number of carboxylic acid groups (broad SMARTS) is 1. The van der Waals surface area contributed by atoms with Gasteiger partial charge in [0.1, 0.15) is 6.04 Å². The first kappa shape index (κ1) is 12.7. The number of hydrogen-bond acceptors (Lipinski definition) is 4. The molecule has 0 aliphatic heterocycles. The molecule has 17 heavy (non-hydrogen) atoms. The lowest BCUT2D eigenvalue weighted by molar-refractivity contribution is -0.138. The van der Waals surface area contributed by atoms with Crippen molar-refractivity contribution < 1.29 is 24.2 Å². The summed E-state index contributed by atoms with van der Waals surface area (Å²) in [5.74, 6) is -2.05. The van der Waals surface area contributed by atoms with Crippen LogP contribution in [-0.4, -0.2) is 29.2 Å². The summed E-state index contributed by atoms with van der Waals surface area (Å²) in [6.45, 7) is 1.26. The van der Waals surface area contributed by atoms with Crippen molar-refractivity contribution in [3.05, 3.63) is 35.9 Å². The molecule has 0 bridgehead atoms. The van der Waals surface area contributed by atoms with Crippen LogP contribution in [0.15, 0.2) is 30.3 Å². The second-order valence-electron chi connectivity index (χ2n) is 3.25. The van der Waals surface area contributed by atoms with Crippen molar-refractivity contribution in [1.29, 1.82) is 0 Å². The second-order valence-corrected chi connectivity index (χ2v) is 3.25. The van der Waals surface area contributed by atoms with Gasteiger partial charge >= 0.3 is 18.0 Å². The summed E-state index contributed by atoms with van der Waals surface area (Å²) in [6, 6.07) is 6.80. The van der Waals surface area contributed by atoms with E-state index >= 15 is 0 Å². The molecule has 90 valence electrons. The summed E-state index contributed by atoms with van der Waals surface area (Å²) in [7, 11) is 0. The second kappa shape index (κ2) is 5.64. The van der Waals surface area contributed by atoms with E-state index in [0.29, 0.717) is 0 Å². The molecule has 0 aliphatic carbocycles. The molecule has 0 aliphatic rings. The van der Waals surface area contributed by atoms with Gasteiger partial charge in [0.15, 0.2) is 0 Å². The number of aliphatic carboxylic acids is 1. The van der Waals surface area contributed by atoms with Gasteiger partial charge in [-0.3, -0.25) is 4.79 Å². The third kappa shape index (κ3) is 3.94. The molecule has 1 amide bonds. The third-order valence-electron chi connectivity index (χ3n) is 1.90. The molecule has 0 radical (unpaired) electrons. The van der Waals surface area contributed by atoms with Gasteiger partial charge in [0.2, 0.25) is 0 Å². The number of benzene rings is 1. The van der Waals surface area contributed by atoms with Crippen LogP contribution in [0, 0.1) is 0 Å². The van der Waals surface area contributed by atoms with E-state index in [4.69, 9.17) is 5.11 Å². The van der Waals surface area contributed by atoms with E-state index in [2.05, 4.69) is 4.74 Å². The Morgan fingerprint density at radius 1 is 1.24 bits per heavy atom. The number of ether oxygens (including phenoxy) is 1. The average molecular weight is 237 g/mol. The molecule has 1 atom stereocenters. The molecule has 6 nitrogen and oxygen atoms in total. The Kier molecular flexibility index (Phi) is 4.21. The quantitative estimate of drug-likeness (QED) is 0.605. The summed E-state index contributed by atoms with van der Waals surface area (Å²) in [6.07, 6.45) is -1.09. The smallest absolute Gasteiger partial charge is 0.415 e. The summed E-state index contributed by atoms with van der Waals surface area (Å²) in [4.78, 5) is 32.9. The van der Waals surface area contributed by atoms with Crippen molar-refractivity contribution in [1.82, 2.24) is 5.32 Å². The number of carbonyl (C=O) groups is 3. The lowest BCUT2D eigenvalue weighted by Crippen LogP contribution is -2.39. The molecule has 0 saturated heterocycles. The zero-order valence-corrected chi connectivity index (χ0v) is 9.04. The summed E-state index contributed by atoms with van der Waals surface area (Å²) < 4.78 is 4.40. The number of carboxylic acids is 1. The van der Waals surface area contributed by atoms with Crippen LogP contribution in [0.1, 0.15) is 17.3 Å². The summed E-state index contributed by atoms with van der Waals surface area (Å²) in [5.41, 5.74) is 0.214. The SMILES string of the molecule is C[C@@H](NC(=O)OC(=O)c1ccccc1)C(=O)O. The number of amides is 1. The maximum Gasteiger partial charge on any atom is 0.415 e. The minimum atomic E-state index is -1.21. The molecule has 0 aromatic heterocycles. The molecule has 1 aromatic carbocycles. The minimum Gasteiger partial charge on any atom is -0.480 e. The van der Waals surface area contributed by atoms with Crippen LogP contribution in [-0.2, 0) is 9.53 Å². The van der Waals surface area contributed by atoms with Crippen molar-refractivity contribution in [3.8, 4) is 0 Å². The van der Waals surface area contributed by atoms with Crippen LogP contribution in [0.25, 0.3) is 0 Å². The first-order chi connectivity index (χ1) is 8.00. The zero-order valence-electron chi connectivity index (χ0n) is 9.04. The van der Waals surface area contributed by atoms with E-state index in [1.807, 2.05) is 5.32 Å². The largest absolute Gasteiger partial charge is 0.480 e. The Morgan fingerprint density at radius 3 is 2.35 bits per heavy atom. The zero-order chi connectivity index (χ0) is 12.8. The molecule has 0 fully saturated rings. The highest BCUT2D eigenvalue weighted by Gasteiger charge is 2.18. The Hall–Kier alpha value is -2.37. The Morgan fingerprint density at radius 2 is 1.82 bits per heavy atom. The van der Waals surface area contributed by atoms with Crippen LogP contribution >= 0.6 is 0 Å². The van der Waals surface area contributed by atoms with Gasteiger partial charge < -0.3 is 15.2 Å². The number of rotatable bonds is 3. The fourth-order valence-electron chi connectivity index (χ4n) is 0.985. The summed E-state index contributed by atoms with van der Waals surface area (Å²) in [5, 5.41) is 10.5. The van der Waals surface area contributed by atoms with Crippen LogP contribution in [0.4, 0.5) is 4.79 Å². The van der Waals surface area contributed by atoms with Gasteiger partial charge in [0.25, 0.3) is 0 Å². The van der Waals surface area contributed by atoms with E-state index in [9.17, 15) is 14.4 Å². The fourth-order valence-corrected chi connectivity index (χ4v) is 0.985. The van der Waals surface area contributed by atoms with Gasteiger partial charge in [-0.1, -0.05) is 18.2 Å². The van der Waals surface area contributed by atoms with Gasteiger partial charge in [0, 0.05) is 0 Å². The molecular weight excluding hydrogens is 226 g/mol.